The Hall–Kier alpha value is -2.59. The third-order valence-electron chi connectivity index (χ3n) is 4.04. The summed E-state index contributed by atoms with van der Waals surface area (Å²) in [7, 11) is 1.59. The largest absolute Gasteiger partial charge is 0.455 e. The van der Waals surface area contributed by atoms with Gasteiger partial charge in [0.15, 0.2) is 0 Å². The van der Waals surface area contributed by atoms with E-state index in [4.69, 9.17) is 13.9 Å². The molecule has 4 nitrogen and oxygen atoms in total. The van der Waals surface area contributed by atoms with E-state index in [0.29, 0.717) is 12.2 Å². The van der Waals surface area contributed by atoms with Crippen molar-refractivity contribution in [3.05, 3.63) is 70.5 Å². The first kappa shape index (κ1) is 16.3. The van der Waals surface area contributed by atoms with Crippen LogP contribution in [0.1, 0.15) is 32.8 Å². The van der Waals surface area contributed by atoms with E-state index in [1.54, 1.807) is 7.11 Å². The van der Waals surface area contributed by atoms with Crippen LogP contribution in [0.2, 0.25) is 0 Å². The van der Waals surface area contributed by atoms with Crippen molar-refractivity contribution in [1.82, 2.24) is 0 Å². The molecule has 24 heavy (non-hydrogen) atoms. The van der Waals surface area contributed by atoms with Crippen molar-refractivity contribution in [1.29, 1.82) is 0 Å². The molecule has 1 aromatic heterocycles. The normalized spacial score (nSPS) is 11.0. The molecule has 0 saturated carbocycles. The molecule has 0 aliphatic rings. The van der Waals surface area contributed by atoms with E-state index in [9.17, 15) is 4.79 Å². The molecule has 0 radical (unpaired) electrons. The number of methoxy groups -OCH3 is 1. The van der Waals surface area contributed by atoms with Gasteiger partial charge in [-0.2, -0.15) is 0 Å². The third-order valence-corrected chi connectivity index (χ3v) is 4.04. The predicted molar refractivity (Wildman–Crippen MR) is 92.0 cm³/mol. The van der Waals surface area contributed by atoms with Crippen molar-refractivity contribution in [2.45, 2.75) is 27.1 Å². The molecule has 0 saturated heterocycles. The summed E-state index contributed by atoms with van der Waals surface area (Å²) in [5, 5.41) is 0.873. The number of esters is 1. The van der Waals surface area contributed by atoms with E-state index < -0.39 is 5.97 Å². The first-order chi connectivity index (χ1) is 11.6. The van der Waals surface area contributed by atoms with Crippen LogP contribution < -0.4 is 0 Å². The van der Waals surface area contributed by atoms with Gasteiger partial charge in [-0.15, -0.1) is 0 Å². The zero-order valence-corrected chi connectivity index (χ0v) is 14.1. The minimum Gasteiger partial charge on any atom is -0.455 e. The minimum absolute atomic E-state index is 0.211. The first-order valence-corrected chi connectivity index (χ1v) is 7.82. The fourth-order valence-electron chi connectivity index (χ4n) is 2.72. The van der Waals surface area contributed by atoms with Crippen molar-refractivity contribution in [3.8, 4) is 0 Å². The summed E-state index contributed by atoms with van der Waals surface area (Å²) in [5.41, 5.74) is 4.60. The van der Waals surface area contributed by atoms with Gasteiger partial charge in [-0.05, 0) is 31.0 Å². The minimum atomic E-state index is -0.473. The van der Waals surface area contributed by atoms with Crippen LogP contribution in [0.4, 0.5) is 0 Å². The second kappa shape index (κ2) is 6.89. The number of aryl methyl sites for hydroxylation is 2. The maximum absolute atomic E-state index is 12.5. The summed E-state index contributed by atoms with van der Waals surface area (Å²) in [5.74, 6) is -0.262. The molecule has 0 N–H and O–H groups in total. The maximum Gasteiger partial charge on any atom is 0.374 e. The van der Waals surface area contributed by atoms with Crippen LogP contribution in [0, 0.1) is 13.8 Å². The van der Waals surface area contributed by atoms with Crippen LogP contribution in [-0.4, -0.2) is 13.1 Å². The molecular weight excluding hydrogens is 304 g/mol. The van der Waals surface area contributed by atoms with Crippen molar-refractivity contribution in [2.75, 3.05) is 7.11 Å². The average Bonchev–Trinajstić information content (AvgIpc) is 2.95. The number of hydrogen-bond donors (Lipinski definition) is 0. The number of furan rings is 1. The van der Waals surface area contributed by atoms with Gasteiger partial charge in [0.25, 0.3) is 0 Å². The Morgan fingerprint density at radius 1 is 1.08 bits per heavy atom. The number of carbonyl (C=O) groups excluding carboxylic acids is 1. The summed E-state index contributed by atoms with van der Waals surface area (Å²) >= 11 is 0. The number of benzene rings is 2. The van der Waals surface area contributed by atoms with Crippen LogP contribution >= 0.6 is 0 Å². The first-order valence-electron chi connectivity index (χ1n) is 7.82. The molecule has 3 rings (SSSR count). The van der Waals surface area contributed by atoms with E-state index in [1.165, 1.54) is 0 Å². The van der Waals surface area contributed by atoms with Gasteiger partial charge in [0.05, 0.1) is 6.61 Å². The fraction of sp³-hybridized carbons (Fsp3) is 0.250. The summed E-state index contributed by atoms with van der Waals surface area (Å²) in [6.45, 7) is 4.53. The lowest BCUT2D eigenvalue weighted by molar-refractivity contribution is 0.0432. The Kier molecular flexibility index (Phi) is 4.67. The molecule has 4 heteroatoms. The molecule has 0 bridgehead atoms. The third kappa shape index (κ3) is 3.19. The molecule has 0 fully saturated rings. The van der Waals surface area contributed by atoms with Crippen LogP contribution in [0.5, 0.6) is 0 Å². The molecule has 1 heterocycles. The van der Waals surface area contributed by atoms with E-state index in [-0.39, 0.29) is 12.4 Å². The van der Waals surface area contributed by atoms with Crippen molar-refractivity contribution in [3.63, 3.8) is 0 Å². The number of ether oxygens (including phenoxy) is 2. The SMILES string of the molecule is COCc1c(C(=O)OCc2cc(C)ccc2C)oc2ccccc12. The summed E-state index contributed by atoms with van der Waals surface area (Å²) in [6, 6.07) is 13.6. The number of hydrogen-bond acceptors (Lipinski definition) is 4. The lowest BCUT2D eigenvalue weighted by atomic mass is 10.1. The molecule has 0 spiro atoms. The second-order valence-electron chi connectivity index (χ2n) is 5.84. The number of fused-ring (bicyclic) bond motifs is 1. The van der Waals surface area contributed by atoms with Gasteiger partial charge in [0, 0.05) is 18.1 Å². The van der Waals surface area contributed by atoms with Gasteiger partial charge in [0.1, 0.15) is 12.2 Å². The lowest BCUT2D eigenvalue weighted by Gasteiger charge is -2.08. The van der Waals surface area contributed by atoms with Gasteiger partial charge in [-0.3, -0.25) is 0 Å². The topological polar surface area (TPSA) is 48.7 Å². The molecule has 0 amide bonds. The fourth-order valence-corrected chi connectivity index (χ4v) is 2.72. The Bertz CT molecular complexity index is 876. The molecule has 0 unspecified atom stereocenters. The van der Waals surface area contributed by atoms with Crippen LogP contribution in [0.25, 0.3) is 11.0 Å². The molecule has 0 atom stereocenters. The van der Waals surface area contributed by atoms with E-state index in [2.05, 4.69) is 0 Å². The summed E-state index contributed by atoms with van der Waals surface area (Å²) in [4.78, 5) is 12.5. The van der Waals surface area contributed by atoms with Crippen molar-refractivity contribution < 1.29 is 18.7 Å². The summed E-state index contributed by atoms with van der Waals surface area (Å²) < 4.78 is 16.4. The second-order valence-corrected chi connectivity index (χ2v) is 5.84. The van der Waals surface area contributed by atoms with Gasteiger partial charge < -0.3 is 13.9 Å². The zero-order chi connectivity index (χ0) is 17.1. The highest BCUT2D eigenvalue weighted by Crippen LogP contribution is 2.27. The van der Waals surface area contributed by atoms with E-state index in [1.807, 2.05) is 56.3 Å². The highest BCUT2D eigenvalue weighted by molar-refractivity contribution is 5.96. The van der Waals surface area contributed by atoms with Gasteiger partial charge >= 0.3 is 5.97 Å². The molecule has 0 aliphatic carbocycles. The standard InChI is InChI=1S/C20H20O4/c1-13-8-9-14(2)15(10-13)11-23-20(21)19-17(12-22-3)16-6-4-5-7-18(16)24-19/h4-10H,11-12H2,1-3H3. The molecule has 0 aliphatic heterocycles. The number of rotatable bonds is 5. The van der Waals surface area contributed by atoms with Gasteiger partial charge in [0.2, 0.25) is 5.76 Å². The predicted octanol–water partition coefficient (Wildman–Crippen LogP) is 4.55. The molecule has 2 aromatic carbocycles. The van der Waals surface area contributed by atoms with Crippen LogP contribution in [-0.2, 0) is 22.7 Å². The van der Waals surface area contributed by atoms with Crippen LogP contribution in [0.15, 0.2) is 46.9 Å². The van der Waals surface area contributed by atoms with Gasteiger partial charge in [-0.1, -0.05) is 42.0 Å². The Balaban J connectivity index is 1.86. The Morgan fingerprint density at radius 3 is 2.67 bits per heavy atom. The monoisotopic (exact) mass is 324 g/mol. The number of carbonyl (C=O) groups is 1. The average molecular weight is 324 g/mol. The van der Waals surface area contributed by atoms with Crippen molar-refractivity contribution in [2.24, 2.45) is 0 Å². The summed E-state index contributed by atoms with van der Waals surface area (Å²) in [6.07, 6.45) is 0. The van der Waals surface area contributed by atoms with Gasteiger partial charge in [-0.25, -0.2) is 4.79 Å². The molecular formula is C20H20O4. The Labute approximate surface area is 141 Å². The highest BCUT2D eigenvalue weighted by Gasteiger charge is 2.21. The lowest BCUT2D eigenvalue weighted by Crippen LogP contribution is -2.08. The number of para-hydroxylation sites is 1. The smallest absolute Gasteiger partial charge is 0.374 e. The molecule has 124 valence electrons. The molecule has 3 aromatic rings. The van der Waals surface area contributed by atoms with Crippen molar-refractivity contribution >= 4 is 16.9 Å². The quantitative estimate of drug-likeness (QED) is 0.646. The van der Waals surface area contributed by atoms with E-state index in [0.717, 1.165) is 27.6 Å². The zero-order valence-electron chi connectivity index (χ0n) is 14.1. The Morgan fingerprint density at radius 2 is 1.88 bits per heavy atom. The van der Waals surface area contributed by atoms with E-state index >= 15 is 0 Å². The highest BCUT2D eigenvalue weighted by atomic mass is 16.5. The van der Waals surface area contributed by atoms with Crippen LogP contribution in [0.3, 0.4) is 0 Å². The maximum atomic E-state index is 12.5.